The van der Waals surface area contributed by atoms with Crippen LogP contribution in [0.5, 0.6) is 0 Å². The molecule has 1 aliphatic heterocycles. The summed E-state index contributed by atoms with van der Waals surface area (Å²) < 4.78 is 23.1. The molecule has 1 aromatic carbocycles. The molecule has 25 heavy (non-hydrogen) atoms. The van der Waals surface area contributed by atoms with Crippen LogP contribution in [0, 0.1) is 0 Å². The first-order valence-corrected chi connectivity index (χ1v) is 10.8. The van der Waals surface area contributed by atoms with Gasteiger partial charge in [-0.15, -0.1) is 0 Å². The summed E-state index contributed by atoms with van der Waals surface area (Å²) in [5.74, 6) is 0.975. The number of likely N-dealkylation sites (tertiary alicyclic amines) is 1. The van der Waals surface area contributed by atoms with Gasteiger partial charge in [-0.3, -0.25) is 9.89 Å². The molecule has 6 nitrogen and oxygen atoms in total. The summed E-state index contributed by atoms with van der Waals surface area (Å²) in [6.45, 7) is 4.95. The van der Waals surface area contributed by atoms with E-state index in [4.69, 9.17) is 0 Å². The fraction of sp³-hybridized carbons (Fsp3) is 0.611. The molecular weight excluding hydrogens is 336 g/mol. The number of rotatable bonds is 8. The van der Waals surface area contributed by atoms with Gasteiger partial charge >= 0.3 is 0 Å². The fourth-order valence-corrected chi connectivity index (χ4v) is 3.76. The number of benzene rings is 1. The molecule has 0 aliphatic carbocycles. The Kier molecular flexibility index (Phi) is 7.71. The molecule has 1 aliphatic rings. The first kappa shape index (κ1) is 19.7. The molecule has 0 amide bonds. The smallest absolute Gasteiger partial charge is 0.191 e. The Morgan fingerprint density at radius 1 is 1.28 bits per heavy atom. The molecule has 1 heterocycles. The van der Waals surface area contributed by atoms with Crippen LogP contribution in [-0.2, 0) is 16.4 Å². The summed E-state index contributed by atoms with van der Waals surface area (Å²) in [5.41, 5.74) is 1.33. The molecule has 1 saturated heterocycles. The van der Waals surface area contributed by atoms with Crippen LogP contribution in [0.2, 0.25) is 0 Å². The molecule has 0 aromatic heterocycles. The van der Waals surface area contributed by atoms with Crippen molar-refractivity contribution in [3.05, 3.63) is 35.9 Å². The van der Waals surface area contributed by atoms with E-state index in [9.17, 15) is 8.42 Å². The van der Waals surface area contributed by atoms with Crippen LogP contribution in [0.15, 0.2) is 35.3 Å². The van der Waals surface area contributed by atoms with Gasteiger partial charge in [0.25, 0.3) is 0 Å². The highest BCUT2D eigenvalue weighted by molar-refractivity contribution is 7.91. The maximum Gasteiger partial charge on any atom is 0.191 e. The summed E-state index contributed by atoms with van der Waals surface area (Å²) in [7, 11) is -1.24. The van der Waals surface area contributed by atoms with E-state index in [1.807, 2.05) is 6.07 Å². The van der Waals surface area contributed by atoms with Crippen molar-refractivity contribution < 1.29 is 8.42 Å². The average Bonchev–Trinajstić information content (AvgIpc) is 3.06. The summed E-state index contributed by atoms with van der Waals surface area (Å²) in [6, 6.07) is 11.0. The maximum absolute atomic E-state index is 11.5. The highest BCUT2D eigenvalue weighted by Crippen LogP contribution is 2.19. The van der Waals surface area contributed by atoms with E-state index in [1.165, 1.54) is 18.4 Å². The topological polar surface area (TPSA) is 73.8 Å². The molecule has 0 spiro atoms. The number of hydrogen-bond donors (Lipinski definition) is 2. The summed E-state index contributed by atoms with van der Waals surface area (Å²) in [5, 5.41) is 6.42. The molecule has 7 heteroatoms. The molecule has 2 N–H and O–H groups in total. The van der Waals surface area contributed by atoms with E-state index >= 15 is 0 Å². The van der Waals surface area contributed by atoms with E-state index in [1.54, 1.807) is 14.0 Å². The van der Waals surface area contributed by atoms with Crippen LogP contribution in [0.3, 0.4) is 0 Å². The van der Waals surface area contributed by atoms with Crippen molar-refractivity contribution in [2.75, 3.05) is 38.2 Å². The zero-order valence-corrected chi connectivity index (χ0v) is 16.1. The van der Waals surface area contributed by atoms with Gasteiger partial charge in [0.05, 0.1) is 5.75 Å². The lowest BCUT2D eigenvalue weighted by atomic mass is 10.2. The molecule has 0 saturated carbocycles. The molecule has 0 radical (unpaired) electrons. The Bertz CT molecular complexity index is 646. The number of sulfone groups is 1. The predicted octanol–water partition coefficient (Wildman–Crippen LogP) is 1.25. The number of nitrogens with zero attached hydrogens (tertiary/aromatic N) is 2. The zero-order chi connectivity index (χ0) is 18.1. The number of nitrogens with one attached hydrogen (secondary N) is 2. The molecule has 2 rings (SSSR count). The van der Waals surface area contributed by atoms with Gasteiger partial charge in [0.2, 0.25) is 0 Å². The quantitative estimate of drug-likeness (QED) is 0.535. The minimum absolute atomic E-state index is 0.133. The average molecular weight is 367 g/mol. The van der Waals surface area contributed by atoms with E-state index < -0.39 is 9.84 Å². The Balaban J connectivity index is 1.78. The normalized spacial score (nSPS) is 19.1. The summed E-state index contributed by atoms with van der Waals surface area (Å²) in [6.07, 6.45) is 2.38. The van der Waals surface area contributed by atoms with Crippen LogP contribution in [-0.4, -0.2) is 63.5 Å². The second-order valence-electron chi connectivity index (χ2n) is 6.37. The van der Waals surface area contributed by atoms with Crippen molar-refractivity contribution in [3.63, 3.8) is 0 Å². The van der Waals surface area contributed by atoms with Gasteiger partial charge in [0.1, 0.15) is 0 Å². The predicted molar refractivity (Wildman–Crippen MR) is 104 cm³/mol. The minimum atomic E-state index is -2.95. The van der Waals surface area contributed by atoms with E-state index in [-0.39, 0.29) is 11.5 Å². The highest BCUT2D eigenvalue weighted by atomic mass is 32.2. The van der Waals surface area contributed by atoms with E-state index in [2.05, 4.69) is 44.8 Å². The second-order valence-corrected chi connectivity index (χ2v) is 8.84. The molecule has 1 atom stereocenters. The second kappa shape index (κ2) is 9.77. The maximum atomic E-state index is 11.5. The Morgan fingerprint density at radius 2 is 2.04 bits per heavy atom. The number of hydrogen-bond acceptors (Lipinski definition) is 4. The molecule has 1 aromatic rings. The lowest BCUT2D eigenvalue weighted by molar-refractivity contribution is 0.245. The van der Waals surface area contributed by atoms with Crippen molar-refractivity contribution in [1.82, 2.24) is 15.5 Å². The van der Waals surface area contributed by atoms with Crippen molar-refractivity contribution in [3.8, 4) is 0 Å². The van der Waals surface area contributed by atoms with Crippen molar-refractivity contribution in [2.24, 2.45) is 4.99 Å². The van der Waals surface area contributed by atoms with Crippen LogP contribution in [0.25, 0.3) is 0 Å². The summed E-state index contributed by atoms with van der Waals surface area (Å²) >= 11 is 0. The van der Waals surface area contributed by atoms with Gasteiger partial charge in [0.15, 0.2) is 15.8 Å². The molecule has 0 bridgehead atoms. The monoisotopic (exact) mass is 366 g/mol. The van der Waals surface area contributed by atoms with E-state index in [0.29, 0.717) is 18.5 Å². The van der Waals surface area contributed by atoms with Crippen molar-refractivity contribution >= 4 is 15.8 Å². The van der Waals surface area contributed by atoms with Crippen molar-refractivity contribution in [2.45, 2.75) is 32.4 Å². The lowest BCUT2D eigenvalue weighted by Crippen LogP contribution is -2.45. The third-order valence-electron chi connectivity index (χ3n) is 4.60. The largest absolute Gasteiger partial charge is 0.355 e. The molecule has 140 valence electrons. The van der Waals surface area contributed by atoms with Gasteiger partial charge in [-0.2, -0.15) is 0 Å². The first-order valence-electron chi connectivity index (χ1n) is 8.97. The SMILES string of the molecule is CCS(=O)(=O)CCNC(=NC)NCC1CCCN1Cc1ccccc1. The molecule has 1 unspecified atom stereocenters. The minimum Gasteiger partial charge on any atom is -0.355 e. The van der Waals surface area contributed by atoms with Crippen LogP contribution in [0.1, 0.15) is 25.3 Å². The molecule has 1 fully saturated rings. The van der Waals surface area contributed by atoms with E-state index in [0.717, 1.165) is 19.6 Å². The standard InChI is InChI=1S/C18H30N4O2S/c1-3-25(23,24)13-11-20-18(19-2)21-14-17-10-7-12-22(17)15-16-8-5-4-6-9-16/h4-6,8-9,17H,3,7,10-15H2,1-2H3,(H2,19,20,21). The number of guanidine groups is 1. The summed E-state index contributed by atoms with van der Waals surface area (Å²) in [4.78, 5) is 6.68. The molecular formula is C18H30N4O2S. The van der Waals surface area contributed by atoms with Gasteiger partial charge in [-0.05, 0) is 24.9 Å². The zero-order valence-electron chi connectivity index (χ0n) is 15.2. The number of aliphatic imine (C=N–C) groups is 1. The highest BCUT2D eigenvalue weighted by Gasteiger charge is 2.24. The van der Waals surface area contributed by atoms with Crippen molar-refractivity contribution in [1.29, 1.82) is 0 Å². The Morgan fingerprint density at radius 3 is 2.72 bits per heavy atom. The van der Waals surface area contributed by atoms with Crippen LogP contribution in [0.4, 0.5) is 0 Å². The van der Waals surface area contributed by atoms with Crippen LogP contribution >= 0.6 is 0 Å². The third kappa shape index (κ3) is 6.66. The van der Waals surface area contributed by atoms with Gasteiger partial charge < -0.3 is 10.6 Å². The third-order valence-corrected chi connectivity index (χ3v) is 6.31. The van der Waals surface area contributed by atoms with Gasteiger partial charge in [0, 0.05) is 38.5 Å². The lowest BCUT2D eigenvalue weighted by Gasteiger charge is -2.25. The Hall–Kier alpha value is -1.60. The fourth-order valence-electron chi connectivity index (χ4n) is 3.06. The van der Waals surface area contributed by atoms with Gasteiger partial charge in [-0.1, -0.05) is 37.3 Å². The first-order chi connectivity index (χ1) is 12.0. The Labute approximate surface area is 151 Å². The van der Waals surface area contributed by atoms with Gasteiger partial charge in [-0.25, -0.2) is 8.42 Å². The van der Waals surface area contributed by atoms with Crippen LogP contribution < -0.4 is 10.6 Å².